The van der Waals surface area contributed by atoms with Crippen LogP contribution in [0.2, 0.25) is 0 Å². The first-order chi connectivity index (χ1) is 12.1. The molecule has 3 aromatic rings. The van der Waals surface area contributed by atoms with E-state index in [9.17, 15) is 4.79 Å². The second-order valence-corrected chi connectivity index (χ2v) is 6.72. The van der Waals surface area contributed by atoms with Gasteiger partial charge < -0.3 is 10.1 Å². The van der Waals surface area contributed by atoms with Gasteiger partial charge in [0.2, 0.25) is 5.91 Å². The van der Waals surface area contributed by atoms with Gasteiger partial charge in [-0.15, -0.1) is 10.2 Å². The van der Waals surface area contributed by atoms with E-state index >= 15 is 0 Å². The van der Waals surface area contributed by atoms with E-state index < -0.39 is 0 Å². The van der Waals surface area contributed by atoms with Crippen molar-refractivity contribution in [1.82, 2.24) is 19.8 Å². The minimum absolute atomic E-state index is 0.0927. The average molecular weight is 357 g/mol. The molecule has 1 amide bonds. The van der Waals surface area contributed by atoms with Crippen molar-refractivity contribution in [2.45, 2.75) is 24.8 Å². The minimum Gasteiger partial charge on any atom is -0.497 e. The Morgan fingerprint density at radius 2 is 1.96 bits per heavy atom. The number of carbonyl (C=O) groups is 1. The molecule has 7 nitrogen and oxygen atoms in total. The molecule has 0 unspecified atom stereocenters. The summed E-state index contributed by atoms with van der Waals surface area (Å²) in [6, 6.07) is 10.9. The standard InChI is InChI=1S/C17H19N5O2S/c1-11(2)17-20-19-14-8-9-16(21-22(14)17)25-10-15(23)18-12-4-6-13(24-3)7-5-12/h4-9,11H,10H2,1-3H3,(H,18,23). The number of methoxy groups -OCH3 is 1. The zero-order valence-corrected chi connectivity index (χ0v) is 15.1. The highest BCUT2D eigenvalue weighted by Gasteiger charge is 2.12. The van der Waals surface area contributed by atoms with Crippen LogP contribution >= 0.6 is 11.8 Å². The molecular formula is C17H19N5O2S. The van der Waals surface area contributed by atoms with Crippen molar-refractivity contribution in [1.29, 1.82) is 0 Å². The fraction of sp³-hybridized carbons (Fsp3) is 0.294. The summed E-state index contributed by atoms with van der Waals surface area (Å²) in [5.74, 6) is 1.95. The van der Waals surface area contributed by atoms with E-state index in [0.717, 1.165) is 22.3 Å². The molecule has 0 atom stereocenters. The van der Waals surface area contributed by atoms with E-state index in [1.165, 1.54) is 11.8 Å². The largest absolute Gasteiger partial charge is 0.497 e. The van der Waals surface area contributed by atoms with E-state index in [4.69, 9.17) is 4.74 Å². The zero-order valence-electron chi connectivity index (χ0n) is 14.3. The third kappa shape index (κ3) is 4.08. The number of nitrogens with one attached hydrogen (secondary N) is 1. The monoisotopic (exact) mass is 357 g/mol. The van der Waals surface area contributed by atoms with Crippen LogP contribution in [0.15, 0.2) is 41.4 Å². The summed E-state index contributed by atoms with van der Waals surface area (Å²) in [5.41, 5.74) is 1.44. The molecule has 0 spiro atoms. The molecule has 0 aliphatic carbocycles. The van der Waals surface area contributed by atoms with Gasteiger partial charge >= 0.3 is 0 Å². The fourth-order valence-corrected chi connectivity index (χ4v) is 2.89. The Morgan fingerprint density at radius 1 is 1.20 bits per heavy atom. The number of thioether (sulfide) groups is 1. The summed E-state index contributed by atoms with van der Waals surface area (Å²) in [7, 11) is 1.61. The van der Waals surface area contributed by atoms with Gasteiger partial charge in [0.05, 0.1) is 12.9 Å². The first-order valence-corrected chi connectivity index (χ1v) is 8.84. The Bertz CT molecular complexity index is 876. The van der Waals surface area contributed by atoms with Gasteiger partial charge in [0.25, 0.3) is 0 Å². The molecule has 2 aromatic heterocycles. The number of rotatable bonds is 6. The molecule has 0 aliphatic heterocycles. The molecule has 2 heterocycles. The third-order valence-electron chi connectivity index (χ3n) is 3.50. The molecule has 0 radical (unpaired) electrons. The summed E-state index contributed by atoms with van der Waals surface area (Å²) in [6.07, 6.45) is 0. The molecule has 0 fully saturated rings. The van der Waals surface area contributed by atoms with Crippen LogP contribution in [0.1, 0.15) is 25.6 Å². The molecule has 0 saturated heterocycles. The number of anilines is 1. The van der Waals surface area contributed by atoms with Crippen molar-refractivity contribution < 1.29 is 9.53 Å². The number of benzene rings is 1. The minimum atomic E-state index is -0.0927. The number of aromatic nitrogens is 4. The van der Waals surface area contributed by atoms with Gasteiger partial charge in [-0.25, -0.2) is 0 Å². The molecule has 3 rings (SSSR count). The normalized spacial score (nSPS) is 11.0. The fourth-order valence-electron chi connectivity index (χ4n) is 2.24. The first-order valence-electron chi connectivity index (χ1n) is 7.86. The lowest BCUT2D eigenvalue weighted by atomic mass is 10.2. The van der Waals surface area contributed by atoms with Crippen LogP contribution in [0, 0.1) is 0 Å². The summed E-state index contributed by atoms with van der Waals surface area (Å²) in [4.78, 5) is 12.1. The van der Waals surface area contributed by atoms with Crippen molar-refractivity contribution in [3.63, 3.8) is 0 Å². The Labute approximate surface area is 149 Å². The van der Waals surface area contributed by atoms with E-state index in [-0.39, 0.29) is 17.6 Å². The van der Waals surface area contributed by atoms with Crippen LogP contribution in [0.4, 0.5) is 5.69 Å². The van der Waals surface area contributed by atoms with Crippen molar-refractivity contribution in [3.05, 3.63) is 42.2 Å². The number of hydrogen-bond acceptors (Lipinski definition) is 6. The molecule has 1 aromatic carbocycles. The Morgan fingerprint density at radius 3 is 2.64 bits per heavy atom. The van der Waals surface area contributed by atoms with Crippen LogP contribution in [0.25, 0.3) is 5.65 Å². The van der Waals surface area contributed by atoms with Crippen LogP contribution in [-0.2, 0) is 4.79 Å². The van der Waals surface area contributed by atoms with Crippen molar-refractivity contribution in [2.24, 2.45) is 0 Å². The summed E-state index contributed by atoms with van der Waals surface area (Å²) in [5, 5.41) is 16.4. The predicted molar refractivity (Wildman–Crippen MR) is 97.2 cm³/mol. The number of hydrogen-bond donors (Lipinski definition) is 1. The second-order valence-electron chi connectivity index (χ2n) is 5.72. The molecule has 0 bridgehead atoms. The summed E-state index contributed by atoms with van der Waals surface area (Å²) in [6.45, 7) is 4.08. The lowest BCUT2D eigenvalue weighted by molar-refractivity contribution is -0.113. The number of amides is 1. The number of nitrogens with zero attached hydrogens (tertiary/aromatic N) is 4. The first kappa shape index (κ1) is 17.2. The highest BCUT2D eigenvalue weighted by molar-refractivity contribution is 7.99. The summed E-state index contributed by atoms with van der Waals surface area (Å²) < 4.78 is 6.83. The highest BCUT2D eigenvalue weighted by atomic mass is 32.2. The molecule has 130 valence electrons. The smallest absolute Gasteiger partial charge is 0.234 e. The predicted octanol–water partition coefficient (Wildman–Crippen LogP) is 2.99. The number of carbonyl (C=O) groups excluding carboxylic acids is 1. The van der Waals surface area contributed by atoms with Gasteiger partial charge in [0.1, 0.15) is 10.8 Å². The van der Waals surface area contributed by atoms with Crippen molar-refractivity contribution in [2.75, 3.05) is 18.2 Å². The average Bonchev–Trinajstić information content (AvgIpc) is 3.04. The van der Waals surface area contributed by atoms with Crippen LogP contribution in [-0.4, -0.2) is 38.6 Å². The van der Waals surface area contributed by atoms with Crippen molar-refractivity contribution >= 4 is 29.0 Å². The number of fused-ring (bicyclic) bond motifs is 1. The van der Waals surface area contributed by atoms with Crippen LogP contribution < -0.4 is 10.1 Å². The number of ether oxygens (including phenoxy) is 1. The zero-order chi connectivity index (χ0) is 17.8. The maximum absolute atomic E-state index is 12.1. The van der Waals surface area contributed by atoms with E-state index in [2.05, 4.69) is 20.6 Å². The molecule has 0 aliphatic rings. The van der Waals surface area contributed by atoms with Gasteiger partial charge in [-0.1, -0.05) is 25.6 Å². The van der Waals surface area contributed by atoms with Crippen molar-refractivity contribution in [3.8, 4) is 5.75 Å². The van der Waals surface area contributed by atoms with Gasteiger partial charge in [0.15, 0.2) is 11.5 Å². The molecule has 8 heteroatoms. The maximum atomic E-state index is 12.1. The quantitative estimate of drug-likeness (QED) is 0.683. The third-order valence-corrected chi connectivity index (χ3v) is 4.42. The Kier molecular flexibility index (Phi) is 5.18. The summed E-state index contributed by atoms with van der Waals surface area (Å²) >= 11 is 1.37. The lowest BCUT2D eigenvalue weighted by Gasteiger charge is -2.07. The SMILES string of the molecule is COc1ccc(NC(=O)CSc2ccc3nnc(C(C)C)n3n2)cc1. The van der Waals surface area contributed by atoms with E-state index in [1.807, 2.05) is 26.0 Å². The maximum Gasteiger partial charge on any atom is 0.234 e. The van der Waals surface area contributed by atoms with Gasteiger partial charge in [-0.05, 0) is 36.4 Å². The topological polar surface area (TPSA) is 81.4 Å². The van der Waals surface area contributed by atoms with E-state index in [0.29, 0.717) is 5.65 Å². The van der Waals surface area contributed by atoms with E-state index in [1.54, 1.807) is 35.9 Å². The van der Waals surface area contributed by atoms with Crippen LogP contribution in [0.3, 0.4) is 0 Å². The Balaban J connectivity index is 1.63. The van der Waals surface area contributed by atoms with Crippen LogP contribution in [0.5, 0.6) is 5.75 Å². The van der Waals surface area contributed by atoms with Gasteiger partial charge in [-0.2, -0.15) is 9.61 Å². The Hall–Kier alpha value is -2.61. The molecule has 1 N–H and O–H groups in total. The van der Waals surface area contributed by atoms with Gasteiger partial charge in [-0.3, -0.25) is 4.79 Å². The molecule has 25 heavy (non-hydrogen) atoms. The second kappa shape index (κ2) is 7.52. The highest BCUT2D eigenvalue weighted by Crippen LogP contribution is 2.19. The lowest BCUT2D eigenvalue weighted by Crippen LogP contribution is -2.14. The molecule has 0 saturated carbocycles. The molecular weight excluding hydrogens is 338 g/mol. The van der Waals surface area contributed by atoms with Gasteiger partial charge in [0, 0.05) is 11.6 Å².